The van der Waals surface area contributed by atoms with Gasteiger partial charge in [0.2, 0.25) is 0 Å². The zero-order chi connectivity index (χ0) is 45.1. The smallest absolute Gasteiger partial charge is 0.333 e. The van der Waals surface area contributed by atoms with E-state index >= 15 is 0 Å². The van der Waals surface area contributed by atoms with Crippen LogP contribution in [-0.2, 0) is 33.5 Å². The Morgan fingerprint density at radius 3 is 1.88 bits per heavy atom. The van der Waals surface area contributed by atoms with Crippen LogP contribution in [0.1, 0.15) is 140 Å². The number of anilines is 2. The number of hydrogen-bond donors (Lipinski definition) is 0. The van der Waals surface area contributed by atoms with Crippen molar-refractivity contribution in [3.8, 4) is 39.1 Å². The molecular weight excluding hydrogens is 784 g/mol. The van der Waals surface area contributed by atoms with Crippen LogP contribution in [0.25, 0.3) is 60.9 Å². The lowest BCUT2D eigenvalue weighted by Gasteiger charge is -2.43. The van der Waals surface area contributed by atoms with Gasteiger partial charge in [-0.1, -0.05) is 156 Å². The molecule has 0 saturated carbocycles. The molecule has 0 radical (unpaired) electrons. The van der Waals surface area contributed by atoms with Crippen LogP contribution in [0, 0.1) is 0 Å². The summed E-state index contributed by atoms with van der Waals surface area (Å²) >= 11 is 0. The summed E-state index contributed by atoms with van der Waals surface area (Å²) in [6.45, 7) is 28.7. The summed E-state index contributed by atoms with van der Waals surface area (Å²) in [6, 6.07) is 46.6. The summed E-state index contributed by atoms with van der Waals surface area (Å²) in [5, 5.41) is 2.68. The van der Waals surface area contributed by atoms with E-state index < -0.39 is 0 Å². The van der Waals surface area contributed by atoms with E-state index in [1.807, 2.05) is 0 Å². The molecular formula is C62H61BN2. The van der Waals surface area contributed by atoms with Gasteiger partial charge < -0.3 is 9.38 Å². The van der Waals surface area contributed by atoms with Crippen molar-refractivity contribution in [3.05, 3.63) is 160 Å². The van der Waals surface area contributed by atoms with E-state index in [1.165, 1.54) is 129 Å². The molecule has 5 aliphatic rings. The van der Waals surface area contributed by atoms with Crippen LogP contribution in [0.15, 0.2) is 115 Å². The van der Waals surface area contributed by atoms with Gasteiger partial charge in [0, 0.05) is 38.8 Å². The van der Waals surface area contributed by atoms with Gasteiger partial charge >= 0.3 is 6.85 Å². The van der Waals surface area contributed by atoms with Crippen molar-refractivity contribution in [1.29, 1.82) is 0 Å². The third kappa shape index (κ3) is 5.19. The maximum Gasteiger partial charge on any atom is 0.333 e. The topological polar surface area (TPSA) is 8.17 Å². The standard InChI is InChI=1S/C62H61BN2/c1-58(2,3)37-17-20-39(21-18-37)65-55-29-36-27-35-28-50-51(61(9,10)26-25-60(50,7)8)33-44(35)43(36)31-46(55)41-22-23-42-47-32-45-40-15-13-14-16-48(40)62(11,12)49(45)34-54(47)64-53-24-19-38(59(4,5)6)30-52(53)63(65)56(41)57(42)64/h13-24,28-34H,25-27H2,1-12H3. The zero-order valence-electron chi connectivity index (χ0n) is 40.6. The minimum atomic E-state index is -0.0950. The molecule has 0 bridgehead atoms. The molecule has 3 heteroatoms. The lowest BCUT2D eigenvalue weighted by Crippen LogP contribution is -2.60. The monoisotopic (exact) mass is 844 g/mol. The third-order valence-corrected chi connectivity index (χ3v) is 17.2. The molecule has 7 aromatic carbocycles. The quantitative estimate of drug-likeness (QED) is 0.149. The zero-order valence-corrected chi connectivity index (χ0v) is 40.6. The highest BCUT2D eigenvalue weighted by Gasteiger charge is 2.46. The molecule has 0 N–H and O–H groups in total. The van der Waals surface area contributed by atoms with Crippen molar-refractivity contribution >= 4 is 51.0 Å². The normalized spacial score (nSPS) is 17.7. The molecule has 0 spiro atoms. The Labute approximate surface area is 386 Å². The Hall–Kier alpha value is -5.80. The van der Waals surface area contributed by atoms with Gasteiger partial charge in [0.05, 0.1) is 11.0 Å². The first kappa shape index (κ1) is 39.6. The summed E-state index contributed by atoms with van der Waals surface area (Å²) in [4.78, 5) is 2.75. The van der Waals surface area contributed by atoms with Crippen LogP contribution in [0.3, 0.4) is 0 Å². The van der Waals surface area contributed by atoms with Crippen LogP contribution in [0.5, 0.6) is 0 Å². The van der Waals surface area contributed by atoms with Crippen molar-refractivity contribution in [2.24, 2.45) is 0 Å². The molecule has 3 aliphatic carbocycles. The van der Waals surface area contributed by atoms with E-state index in [-0.39, 0.29) is 33.9 Å². The van der Waals surface area contributed by atoms with Gasteiger partial charge in [0.15, 0.2) is 0 Å². The molecule has 3 heterocycles. The molecule has 0 atom stereocenters. The molecule has 0 fully saturated rings. The van der Waals surface area contributed by atoms with E-state index in [2.05, 4.69) is 208 Å². The maximum atomic E-state index is 2.75. The van der Waals surface area contributed by atoms with Gasteiger partial charge in [-0.25, -0.2) is 0 Å². The van der Waals surface area contributed by atoms with Crippen LogP contribution in [-0.4, -0.2) is 11.4 Å². The number of fused-ring (bicyclic) bond motifs is 15. The summed E-state index contributed by atoms with van der Waals surface area (Å²) < 4.78 is 2.67. The van der Waals surface area contributed by atoms with Gasteiger partial charge in [-0.2, -0.15) is 0 Å². The summed E-state index contributed by atoms with van der Waals surface area (Å²) in [7, 11) is 0. The first-order chi connectivity index (χ1) is 30.7. The van der Waals surface area contributed by atoms with E-state index in [9.17, 15) is 0 Å². The Bertz CT molecular complexity index is 3450. The van der Waals surface area contributed by atoms with Gasteiger partial charge in [-0.05, 0) is 167 Å². The number of benzene rings is 7. The summed E-state index contributed by atoms with van der Waals surface area (Å²) in [5.41, 5.74) is 29.5. The third-order valence-electron chi connectivity index (χ3n) is 17.2. The van der Waals surface area contributed by atoms with E-state index in [1.54, 1.807) is 11.1 Å². The predicted molar refractivity (Wildman–Crippen MR) is 278 cm³/mol. The Morgan fingerprint density at radius 1 is 0.492 bits per heavy atom. The first-order valence-electron chi connectivity index (χ1n) is 24.4. The van der Waals surface area contributed by atoms with Crippen molar-refractivity contribution in [2.75, 3.05) is 4.81 Å². The molecule has 13 rings (SSSR count). The van der Waals surface area contributed by atoms with Gasteiger partial charge in [0.25, 0.3) is 0 Å². The molecule has 65 heavy (non-hydrogen) atoms. The minimum Gasteiger partial charge on any atom is -0.376 e. The maximum absolute atomic E-state index is 2.75. The predicted octanol–water partition coefficient (Wildman–Crippen LogP) is 14.8. The van der Waals surface area contributed by atoms with Gasteiger partial charge in [-0.3, -0.25) is 0 Å². The molecule has 2 aliphatic heterocycles. The number of aromatic nitrogens is 1. The summed E-state index contributed by atoms with van der Waals surface area (Å²) in [5.74, 6) is 0. The number of hydrogen-bond acceptors (Lipinski definition) is 1. The highest BCUT2D eigenvalue weighted by atomic mass is 15.1. The van der Waals surface area contributed by atoms with Crippen molar-refractivity contribution in [1.82, 2.24) is 4.57 Å². The largest absolute Gasteiger partial charge is 0.376 e. The van der Waals surface area contributed by atoms with Crippen LogP contribution in [0.2, 0.25) is 0 Å². The fraction of sp³-hybridized carbons (Fsp3) is 0.323. The van der Waals surface area contributed by atoms with Crippen LogP contribution in [0.4, 0.5) is 11.4 Å². The molecule has 8 aromatic rings. The fourth-order valence-corrected chi connectivity index (χ4v) is 13.2. The molecule has 0 amide bonds. The van der Waals surface area contributed by atoms with Crippen molar-refractivity contribution in [2.45, 2.75) is 129 Å². The highest BCUT2D eigenvalue weighted by Crippen LogP contribution is 2.55. The average Bonchev–Trinajstić information content (AvgIpc) is 3.86. The van der Waals surface area contributed by atoms with E-state index in [4.69, 9.17) is 0 Å². The second-order valence-corrected chi connectivity index (χ2v) is 24.5. The van der Waals surface area contributed by atoms with Gasteiger partial charge in [-0.15, -0.1) is 0 Å². The van der Waals surface area contributed by atoms with Crippen LogP contribution < -0.4 is 15.7 Å². The number of rotatable bonds is 1. The molecule has 1 aromatic heterocycles. The fourth-order valence-electron chi connectivity index (χ4n) is 13.2. The molecule has 0 saturated heterocycles. The highest BCUT2D eigenvalue weighted by molar-refractivity contribution is 6.93. The molecule has 322 valence electrons. The van der Waals surface area contributed by atoms with E-state index in [0.717, 1.165) is 6.42 Å². The average molecular weight is 845 g/mol. The lowest BCUT2D eigenvalue weighted by atomic mass is 9.43. The van der Waals surface area contributed by atoms with E-state index in [0.29, 0.717) is 0 Å². The molecule has 0 unspecified atom stereocenters. The lowest BCUT2D eigenvalue weighted by molar-refractivity contribution is 0.332. The molecule has 2 nitrogen and oxygen atoms in total. The first-order valence-corrected chi connectivity index (χ1v) is 24.4. The second kappa shape index (κ2) is 12.3. The Balaban J connectivity index is 1.14. The van der Waals surface area contributed by atoms with Crippen molar-refractivity contribution in [3.63, 3.8) is 0 Å². The number of nitrogens with zero attached hydrogens (tertiary/aromatic N) is 2. The van der Waals surface area contributed by atoms with Gasteiger partial charge in [0.1, 0.15) is 0 Å². The Morgan fingerprint density at radius 2 is 1.15 bits per heavy atom. The van der Waals surface area contributed by atoms with Crippen molar-refractivity contribution < 1.29 is 0 Å². The summed E-state index contributed by atoms with van der Waals surface area (Å²) in [6.07, 6.45) is 3.42. The second-order valence-electron chi connectivity index (χ2n) is 24.5. The van der Waals surface area contributed by atoms with Crippen LogP contribution >= 0.6 is 0 Å². The SMILES string of the molecule is CC(C)(C)c1ccc(N2B3c4cc(C(C)(C)C)ccc4-n4c5cc6c(cc5c5ccc(c3c54)-c3cc4c(cc32)Cc2cc3c(cc2-4)C(C)(C)CCC3(C)C)-c2ccccc2C6(C)C)cc1. The minimum absolute atomic E-state index is 0.0137. The Kier molecular flexibility index (Phi) is 7.51.